The fourth-order valence-electron chi connectivity index (χ4n) is 2.08. The van der Waals surface area contributed by atoms with Crippen molar-refractivity contribution in [3.63, 3.8) is 0 Å². The molecule has 7 heteroatoms. The van der Waals surface area contributed by atoms with Crippen molar-refractivity contribution >= 4 is 17.6 Å². The zero-order chi connectivity index (χ0) is 17.9. The van der Waals surface area contributed by atoms with Crippen molar-refractivity contribution in [2.45, 2.75) is 32.9 Å². The highest BCUT2D eigenvalue weighted by Crippen LogP contribution is 2.29. The number of carbonyl (C=O) groups excluding carboxylic acids is 1. The molecule has 2 aromatic rings. The number of pyridine rings is 1. The van der Waals surface area contributed by atoms with Crippen LogP contribution < -0.4 is 16.8 Å². The molecule has 0 aliphatic carbocycles. The summed E-state index contributed by atoms with van der Waals surface area (Å²) in [5.74, 6) is -0.262. The lowest BCUT2D eigenvalue weighted by molar-refractivity contribution is 0.0523. The predicted octanol–water partition coefficient (Wildman–Crippen LogP) is 3.08. The van der Waals surface area contributed by atoms with Crippen LogP contribution in [0.2, 0.25) is 0 Å². The maximum absolute atomic E-state index is 14.3. The number of halogens is 1. The number of anilines is 2. The minimum absolute atomic E-state index is 0.0228. The van der Waals surface area contributed by atoms with Gasteiger partial charge in [0.15, 0.2) is 0 Å². The number of aromatic nitrogens is 1. The molecule has 5 N–H and O–H groups in total. The van der Waals surface area contributed by atoms with Crippen molar-refractivity contribution in [2.24, 2.45) is 0 Å². The fraction of sp³-hybridized carbons (Fsp3) is 0.294. The third kappa shape index (κ3) is 4.34. The Morgan fingerprint density at radius 3 is 2.62 bits per heavy atom. The molecular weight excluding hydrogens is 311 g/mol. The van der Waals surface area contributed by atoms with E-state index >= 15 is 0 Å². The van der Waals surface area contributed by atoms with Crippen molar-refractivity contribution in [2.75, 3.05) is 11.5 Å². The molecule has 2 rings (SSSR count). The Morgan fingerprint density at radius 1 is 1.29 bits per heavy atom. The number of amides is 1. The lowest BCUT2D eigenvalue weighted by atomic mass is 10.0. The molecule has 0 atom stereocenters. The van der Waals surface area contributed by atoms with Crippen LogP contribution in [0.25, 0.3) is 11.1 Å². The van der Waals surface area contributed by atoms with Crippen LogP contribution in [0.4, 0.5) is 20.7 Å². The van der Waals surface area contributed by atoms with Gasteiger partial charge in [-0.15, -0.1) is 0 Å². The normalized spacial score (nSPS) is 11.2. The summed E-state index contributed by atoms with van der Waals surface area (Å²) in [5.41, 5.74) is 12.8. The molecule has 0 radical (unpaired) electrons. The zero-order valence-corrected chi connectivity index (χ0v) is 13.9. The summed E-state index contributed by atoms with van der Waals surface area (Å²) in [6.45, 7) is 5.29. The van der Waals surface area contributed by atoms with Gasteiger partial charge in [-0.25, -0.2) is 14.2 Å². The predicted molar refractivity (Wildman–Crippen MR) is 91.5 cm³/mol. The summed E-state index contributed by atoms with van der Waals surface area (Å²) in [6.07, 6.45) is 0.911. The first kappa shape index (κ1) is 17.5. The molecule has 24 heavy (non-hydrogen) atoms. The second-order valence-corrected chi connectivity index (χ2v) is 6.32. The van der Waals surface area contributed by atoms with Gasteiger partial charge in [-0.3, -0.25) is 0 Å². The van der Waals surface area contributed by atoms with Crippen LogP contribution in [0.1, 0.15) is 26.3 Å². The molecule has 0 unspecified atom stereocenters. The number of alkyl carbamates (subject to hydrolysis) is 1. The summed E-state index contributed by atoms with van der Waals surface area (Å²) in [4.78, 5) is 15.5. The molecule has 0 aliphatic rings. The first-order valence-corrected chi connectivity index (χ1v) is 7.43. The SMILES string of the molecule is CC(C)(C)OC(=O)NCc1ccc(-c2ccnc(N)c2N)cc1F. The quantitative estimate of drug-likeness (QED) is 0.801. The fourth-order valence-corrected chi connectivity index (χ4v) is 2.08. The second-order valence-electron chi connectivity index (χ2n) is 6.32. The Bertz CT molecular complexity index is 757. The van der Waals surface area contributed by atoms with E-state index in [1.165, 1.54) is 12.3 Å². The molecule has 1 aromatic heterocycles. The number of nitrogens with zero attached hydrogens (tertiary/aromatic N) is 1. The van der Waals surface area contributed by atoms with E-state index < -0.39 is 17.5 Å². The number of rotatable bonds is 3. The molecule has 0 saturated carbocycles. The zero-order valence-electron chi connectivity index (χ0n) is 13.9. The average Bonchev–Trinajstić information content (AvgIpc) is 2.47. The number of hydrogen-bond acceptors (Lipinski definition) is 5. The van der Waals surface area contributed by atoms with E-state index in [0.29, 0.717) is 22.4 Å². The van der Waals surface area contributed by atoms with Crippen LogP contribution in [-0.4, -0.2) is 16.7 Å². The number of hydrogen-bond donors (Lipinski definition) is 3. The second kappa shape index (κ2) is 6.74. The van der Waals surface area contributed by atoms with E-state index in [9.17, 15) is 9.18 Å². The minimum Gasteiger partial charge on any atom is -0.444 e. The highest BCUT2D eigenvalue weighted by molar-refractivity contribution is 5.82. The third-order valence-corrected chi connectivity index (χ3v) is 3.21. The smallest absolute Gasteiger partial charge is 0.407 e. The molecular formula is C17H21FN4O2. The number of carbonyl (C=O) groups is 1. The number of nitrogen functional groups attached to an aromatic ring is 2. The van der Waals surface area contributed by atoms with Crippen molar-refractivity contribution < 1.29 is 13.9 Å². The van der Waals surface area contributed by atoms with E-state index in [2.05, 4.69) is 10.3 Å². The highest BCUT2D eigenvalue weighted by atomic mass is 19.1. The minimum atomic E-state index is -0.606. The van der Waals surface area contributed by atoms with E-state index in [4.69, 9.17) is 16.2 Å². The molecule has 0 aliphatic heterocycles. The van der Waals surface area contributed by atoms with Crippen molar-refractivity contribution in [3.05, 3.63) is 41.8 Å². The maximum Gasteiger partial charge on any atom is 0.407 e. The molecule has 0 fully saturated rings. The lowest BCUT2D eigenvalue weighted by Crippen LogP contribution is -2.32. The van der Waals surface area contributed by atoms with Crippen molar-refractivity contribution in [1.29, 1.82) is 0 Å². The van der Waals surface area contributed by atoms with Gasteiger partial charge < -0.3 is 21.5 Å². The van der Waals surface area contributed by atoms with E-state index in [1.54, 1.807) is 39.0 Å². The Labute approximate surface area is 140 Å². The van der Waals surface area contributed by atoms with Gasteiger partial charge in [-0.1, -0.05) is 12.1 Å². The van der Waals surface area contributed by atoms with Gasteiger partial charge in [0.05, 0.1) is 5.69 Å². The van der Waals surface area contributed by atoms with Crippen LogP contribution in [-0.2, 0) is 11.3 Å². The highest BCUT2D eigenvalue weighted by Gasteiger charge is 2.16. The summed E-state index contributed by atoms with van der Waals surface area (Å²) in [5, 5.41) is 2.52. The maximum atomic E-state index is 14.3. The Hall–Kier alpha value is -2.83. The van der Waals surface area contributed by atoms with Gasteiger partial charge in [0, 0.05) is 23.9 Å². The van der Waals surface area contributed by atoms with Gasteiger partial charge in [-0.2, -0.15) is 0 Å². The molecule has 1 amide bonds. The number of benzene rings is 1. The number of nitrogens with one attached hydrogen (secondary N) is 1. The van der Waals surface area contributed by atoms with E-state index in [1.807, 2.05) is 0 Å². The van der Waals surface area contributed by atoms with Gasteiger partial charge in [-0.05, 0) is 38.5 Å². The molecule has 0 bridgehead atoms. The first-order valence-electron chi connectivity index (χ1n) is 7.43. The number of nitrogens with two attached hydrogens (primary N) is 2. The van der Waals surface area contributed by atoms with E-state index in [0.717, 1.165) is 0 Å². The molecule has 0 spiro atoms. The van der Waals surface area contributed by atoms with Crippen molar-refractivity contribution in [1.82, 2.24) is 10.3 Å². The summed E-state index contributed by atoms with van der Waals surface area (Å²) >= 11 is 0. The van der Waals surface area contributed by atoms with Gasteiger partial charge in [0.1, 0.15) is 17.2 Å². The molecule has 128 valence electrons. The van der Waals surface area contributed by atoms with Gasteiger partial charge >= 0.3 is 6.09 Å². The number of ether oxygens (including phenoxy) is 1. The monoisotopic (exact) mass is 332 g/mol. The van der Waals surface area contributed by atoms with Crippen LogP contribution in [0.3, 0.4) is 0 Å². The van der Waals surface area contributed by atoms with Crippen molar-refractivity contribution in [3.8, 4) is 11.1 Å². The Morgan fingerprint density at radius 2 is 2.00 bits per heavy atom. The summed E-state index contributed by atoms with van der Waals surface area (Å²) in [7, 11) is 0. The largest absolute Gasteiger partial charge is 0.444 e. The standard InChI is InChI=1S/C17H21FN4O2/c1-17(2,3)24-16(23)22-9-11-5-4-10(8-13(11)18)12-6-7-21-15(20)14(12)19/h4-8H,9,19H2,1-3H3,(H2,20,21)(H,22,23). The van der Waals surface area contributed by atoms with Gasteiger partial charge in [0.2, 0.25) is 0 Å². The van der Waals surface area contributed by atoms with Crippen LogP contribution in [0.15, 0.2) is 30.5 Å². The van der Waals surface area contributed by atoms with Crippen LogP contribution in [0.5, 0.6) is 0 Å². The Kier molecular flexibility index (Phi) is 4.92. The lowest BCUT2D eigenvalue weighted by Gasteiger charge is -2.19. The molecule has 6 nitrogen and oxygen atoms in total. The molecule has 1 heterocycles. The topological polar surface area (TPSA) is 103 Å². The van der Waals surface area contributed by atoms with Gasteiger partial charge in [0.25, 0.3) is 0 Å². The van der Waals surface area contributed by atoms with Crippen LogP contribution >= 0.6 is 0 Å². The van der Waals surface area contributed by atoms with E-state index in [-0.39, 0.29) is 12.4 Å². The Balaban J connectivity index is 2.13. The summed E-state index contributed by atoms with van der Waals surface area (Å²) < 4.78 is 19.4. The molecule has 1 aromatic carbocycles. The average molecular weight is 332 g/mol. The molecule has 0 saturated heterocycles. The first-order chi connectivity index (χ1) is 11.2. The van der Waals surface area contributed by atoms with Crippen LogP contribution in [0, 0.1) is 5.82 Å². The third-order valence-electron chi connectivity index (χ3n) is 3.21. The summed E-state index contributed by atoms with van der Waals surface area (Å²) in [6, 6.07) is 6.30.